The zero-order chi connectivity index (χ0) is 28.6. The van der Waals surface area contributed by atoms with Crippen molar-refractivity contribution >= 4 is 23.4 Å². The summed E-state index contributed by atoms with van der Waals surface area (Å²) in [7, 11) is 0. The molecule has 0 bridgehead atoms. The second-order valence-electron chi connectivity index (χ2n) is 6.16. The van der Waals surface area contributed by atoms with E-state index in [1.54, 1.807) is 0 Å². The minimum Gasteiger partial charge on any atom is -0.870 e. The molecule has 4 N–H and O–H groups in total. The number of carbonyl (C=O) groups is 2. The number of Topliss-reactive ketones (excluding diaryl/α,β-unsaturated/α-hetero) is 1. The quantitative estimate of drug-likeness (QED) is 0.250. The number of halogens is 10. The number of ketones is 1. The predicted molar refractivity (Wildman–Crippen MR) is 109 cm³/mol. The Morgan fingerprint density at radius 3 is 1.30 bits per heavy atom. The van der Waals surface area contributed by atoms with E-state index in [4.69, 9.17) is 16.7 Å². The summed E-state index contributed by atoms with van der Waals surface area (Å²) < 4.78 is 107. The summed E-state index contributed by atoms with van der Waals surface area (Å²) in [5, 5.41) is 8.04. The number of aromatic carboxylic acids is 1. The Balaban J connectivity index is -0.000000497. The number of hydrogen-bond acceptors (Lipinski definition) is 9. The van der Waals surface area contributed by atoms with Gasteiger partial charge in [-0.05, 0) is 0 Å². The van der Waals surface area contributed by atoms with E-state index in [1.807, 2.05) is 0 Å². The molecule has 0 amide bonds. The van der Waals surface area contributed by atoms with Gasteiger partial charge in [-0.25, -0.2) is 19.7 Å². The van der Waals surface area contributed by atoms with Crippen molar-refractivity contribution in [3.05, 3.63) is 70.8 Å². The summed E-state index contributed by atoms with van der Waals surface area (Å²) >= 11 is 5.18. The van der Waals surface area contributed by atoms with Crippen molar-refractivity contribution in [3.8, 4) is 0 Å². The molecule has 0 fully saturated rings. The van der Waals surface area contributed by atoms with Gasteiger partial charge in [0.05, 0.1) is 37.2 Å². The molecule has 0 radical (unpaired) electrons. The zero-order valence-electron chi connectivity index (χ0n) is 19.6. The van der Waals surface area contributed by atoms with Gasteiger partial charge in [-0.1, -0.05) is 11.6 Å². The monoisotopic (exact) mass is 606 g/mol. The zero-order valence-corrected chi connectivity index (χ0v) is 20.4. The van der Waals surface area contributed by atoms with Crippen LogP contribution < -0.4 is 18.9 Å². The van der Waals surface area contributed by atoms with Gasteiger partial charge in [0.1, 0.15) is 10.8 Å². The first kappa shape index (κ1) is 41.0. The molecule has 0 aliphatic heterocycles. The molecule has 3 aromatic heterocycles. The number of rotatable bonds is 2. The number of carbonyl (C=O) groups excluding carboxylic acids is 1. The fourth-order valence-electron chi connectivity index (χ4n) is 1.76. The molecule has 11 nitrogen and oxygen atoms in total. The third-order valence-electron chi connectivity index (χ3n) is 3.33. The summed E-state index contributed by atoms with van der Waals surface area (Å²) in [5.74, 6) is -2.09. The standard InChI is InChI=1S/C7H5F3N2O.C6H3F3N2O2.C5H2ClF3N2.Li.2H2O/c1-4(13)5-2-11-3-6(12-5)7(8,9)10;7-6(8,9)4-2-10-1-3(11-4)5(12)13;6-4-2-10-1-3(11-4)5(7,8)9;;;/h2-3H,1H3;1-2H,(H,12,13);1-2H;;2*1H2/q;;;+1;;/p-1. The minimum absolute atomic E-state index is 0. The van der Waals surface area contributed by atoms with Crippen LogP contribution in [0.15, 0.2) is 37.2 Å². The van der Waals surface area contributed by atoms with E-state index in [0.29, 0.717) is 18.6 Å². The van der Waals surface area contributed by atoms with E-state index >= 15 is 0 Å². The van der Waals surface area contributed by atoms with Crippen LogP contribution in [0.5, 0.6) is 0 Å². The minimum atomic E-state index is -4.67. The van der Waals surface area contributed by atoms with Crippen LogP contribution in [0, 0.1) is 0 Å². The van der Waals surface area contributed by atoms with Crippen molar-refractivity contribution in [2.75, 3.05) is 0 Å². The molecule has 216 valence electrons. The normalized spacial score (nSPS) is 10.6. The molecule has 3 aromatic rings. The summed E-state index contributed by atoms with van der Waals surface area (Å²) in [6.45, 7) is 1.13. The molecular weight excluding hydrogens is 594 g/mol. The van der Waals surface area contributed by atoms with Crippen molar-refractivity contribution in [1.29, 1.82) is 0 Å². The first-order chi connectivity index (χ1) is 16.8. The Hall–Kier alpha value is -3.44. The molecule has 22 heteroatoms. The molecule has 40 heavy (non-hydrogen) atoms. The van der Waals surface area contributed by atoms with Crippen molar-refractivity contribution in [2.45, 2.75) is 25.5 Å². The van der Waals surface area contributed by atoms with Gasteiger partial charge in [-0.3, -0.25) is 19.7 Å². The maximum absolute atomic E-state index is 12.0. The summed E-state index contributed by atoms with van der Waals surface area (Å²) in [6.07, 6.45) is -9.26. The summed E-state index contributed by atoms with van der Waals surface area (Å²) in [5.41, 5.74) is -4.55. The van der Waals surface area contributed by atoms with Crippen molar-refractivity contribution in [3.63, 3.8) is 0 Å². The number of carboxylic acids is 1. The van der Waals surface area contributed by atoms with Gasteiger partial charge in [0.25, 0.3) is 0 Å². The first-order valence-electron chi connectivity index (χ1n) is 8.89. The largest absolute Gasteiger partial charge is 1.00 e. The second-order valence-corrected chi connectivity index (χ2v) is 6.55. The Morgan fingerprint density at radius 2 is 1.00 bits per heavy atom. The maximum Gasteiger partial charge on any atom is 1.00 e. The molecule has 0 aliphatic carbocycles. The molecule has 0 atom stereocenters. The molecule has 0 aliphatic rings. The van der Waals surface area contributed by atoms with E-state index in [2.05, 4.69) is 29.9 Å². The van der Waals surface area contributed by atoms with Gasteiger partial charge in [-0.15, -0.1) is 0 Å². The number of nitrogens with zero attached hydrogens (tertiary/aromatic N) is 6. The predicted octanol–water partition coefficient (Wildman–Crippen LogP) is 1.04. The Morgan fingerprint density at radius 1 is 0.675 bits per heavy atom. The fourth-order valence-corrected chi connectivity index (χ4v) is 1.90. The Kier molecular flexibility index (Phi) is 17.0. The van der Waals surface area contributed by atoms with Crippen molar-refractivity contribution in [2.24, 2.45) is 0 Å². The van der Waals surface area contributed by atoms with E-state index in [9.17, 15) is 49.1 Å². The number of hydrogen-bond donors (Lipinski definition) is 1. The smallest absolute Gasteiger partial charge is 0.870 e. The second kappa shape index (κ2) is 16.6. The molecule has 3 rings (SSSR count). The molecule has 0 unspecified atom stereocenters. The van der Waals surface area contributed by atoms with Crippen LogP contribution in [0.4, 0.5) is 39.5 Å². The van der Waals surface area contributed by atoms with Gasteiger partial charge in [0.15, 0.2) is 28.6 Å². The molecule has 3 heterocycles. The van der Waals surface area contributed by atoms with Gasteiger partial charge >= 0.3 is 43.4 Å². The van der Waals surface area contributed by atoms with Crippen molar-refractivity contribution < 1.29 is 84.0 Å². The molecule has 0 spiro atoms. The number of aromatic nitrogens is 6. The van der Waals surface area contributed by atoms with E-state index < -0.39 is 53.1 Å². The van der Waals surface area contributed by atoms with Crippen molar-refractivity contribution in [1.82, 2.24) is 29.9 Å². The number of carboxylic acid groups (broad SMARTS) is 1. The molecule has 0 aromatic carbocycles. The van der Waals surface area contributed by atoms with Crippen LogP contribution >= 0.6 is 11.6 Å². The Labute approximate surface area is 233 Å². The van der Waals surface area contributed by atoms with Crippen LogP contribution in [0.1, 0.15) is 45.0 Å². The maximum atomic E-state index is 12.0. The van der Waals surface area contributed by atoms with Gasteiger partial charge in [-0.2, -0.15) is 39.5 Å². The molecular formula is C18H13ClF9LiN6O5. The first-order valence-corrected chi connectivity index (χ1v) is 9.27. The van der Waals surface area contributed by atoms with Crippen LogP contribution in [0.2, 0.25) is 5.15 Å². The molecule has 0 saturated heterocycles. The Bertz CT molecular complexity index is 1180. The third-order valence-corrected chi connectivity index (χ3v) is 3.51. The number of alkyl halides is 9. The fraction of sp³-hybridized carbons (Fsp3) is 0.222. The van der Waals surface area contributed by atoms with E-state index in [-0.39, 0.29) is 40.7 Å². The molecule has 0 saturated carbocycles. The summed E-state index contributed by atoms with van der Waals surface area (Å²) in [4.78, 5) is 39.5. The van der Waals surface area contributed by atoms with Crippen LogP contribution in [-0.2, 0) is 18.5 Å². The van der Waals surface area contributed by atoms with Crippen LogP contribution in [0.25, 0.3) is 0 Å². The summed E-state index contributed by atoms with van der Waals surface area (Å²) in [6, 6.07) is 0. The van der Waals surface area contributed by atoms with Gasteiger partial charge < -0.3 is 16.1 Å². The third kappa shape index (κ3) is 14.1. The topological polar surface area (TPSA) is 193 Å². The van der Waals surface area contributed by atoms with Crippen LogP contribution in [0.3, 0.4) is 0 Å². The SMILES string of the molecule is CC(=O)c1cncc(C(F)(F)F)n1.FC(F)(F)c1cncc(Cl)n1.O.O=C(O)c1cncc(C(F)(F)F)n1.[Li+].[OH-]. The average Bonchev–Trinajstić information content (AvgIpc) is 2.78. The van der Waals surface area contributed by atoms with E-state index in [1.165, 1.54) is 0 Å². The van der Waals surface area contributed by atoms with Gasteiger partial charge in [0, 0.05) is 6.92 Å². The average molecular weight is 607 g/mol. The van der Waals surface area contributed by atoms with Gasteiger partial charge in [0.2, 0.25) is 0 Å². The van der Waals surface area contributed by atoms with Crippen LogP contribution in [-0.4, -0.2) is 57.7 Å². The van der Waals surface area contributed by atoms with E-state index in [0.717, 1.165) is 25.5 Å².